The summed E-state index contributed by atoms with van der Waals surface area (Å²) in [5.41, 5.74) is 1.36. The van der Waals surface area contributed by atoms with Crippen LogP contribution in [0, 0.1) is 5.82 Å². The summed E-state index contributed by atoms with van der Waals surface area (Å²) in [5, 5.41) is 0.643. The number of nitrogens with zero attached hydrogens (tertiary/aromatic N) is 2. The van der Waals surface area contributed by atoms with Crippen molar-refractivity contribution in [3.05, 3.63) is 58.8 Å². The number of carbonyl (C=O) groups excluding carboxylic acids is 1. The molecular weight excluding hydrogens is 367 g/mol. The number of ether oxygens (including phenoxy) is 2. The van der Waals surface area contributed by atoms with E-state index in [1.165, 1.54) is 23.9 Å². The van der Waals surface area contributed by atoms with E-state index in [-0.39, 0.29) is 24.6 Å². The molecular formula is C20H15FN2O3S. The first kappa shape index (κ1) is 16.4. The lowest BCUT2D eigenvalue weighted by molar-refractivity contribution is -0.122. The Morgan fingerprint density at radius 3 is 2.81 bits per heavy atom. The fourth-order valence-corrected chi connectivity index (χ4v) is 4.09. The third-order valence-electron chi connectivity index (χ3n) is 4.48. The molecule has 0 bridgehead atoms. The Balaban J connectivity index is 1.49. The van der Waals surface area contributed by atoms with E-state index in [1.807, 2.05) is 12.1 Å². The summed E-state index contributed by atoms with van der Waals surface area (Å²) in [4.78, 5) is 19.9. The topological polar surface area (TPSA) is 51.1 Å². The lowest BCUT2D eigenvalue weighted by Gasteiger charge is -2.14. The zero-order chi connectivity index (χ0) is 18.4. The molecule has 1 saturated heterocycles. The molecule has 7 heteroatoms. The lowest BCUT2D eigenvalue weighted by atomic mass is 10.2. The highest BCUT2D eigenvalue weighted by Gasteiger charge is 2.43. The fourth-order valence-electron chi connectivity index (χ4n) is 3.03. The van der Waals surface area contributed by atoms with Gasteiger partial charge in [-0.1, -0.05) is 12.1 Å². The molecule has 136 valence electrons. The number of hydrogen-bond donors (Lipinski definition) is 0. The predicted octanol–water partition coefficient (Wildman–Crippen LogP) is 4.32. The molecule has 3 aliphatic rings. The molecule has 2 aromatic carbocycles. The highest BCUT2D eigenvalue weighted by atomic mass is 32.2. The lowest BCUT2D eigenvalue weighted by Crippen LogP contribution is -2.31. The molecule has 2 fully saturated rings. The Labute approximate surface area is 159 Å². The number of amidine groups is 1. The third-order valence-corrected chi connectivity index (χ3v) is 5.46. The van der Waals surface area contributed by atoms with Gasteiger partial charge in [0.2, 0.25) is 6.79 Å². The molecule has 0 spiro atoms. The number of fused-ring (bicyclic) bond motifs is 1. The van der Waals surface area contributed by atoms with Gasteiger partial charge in [-0.05, 0) is 60.5 Å². The monoisotopic (exact) mass is 382 g/mol. The van der Waals surface area contributed by atoms with Crippen molar-refractivity contribution in [3.8, 4) is 11.5 Å². The molecule has 2 aromatic rings. The smallest absolute Gasteiger partial charge is 0.267 e. The van der Waals surface area contributed by atoms with Gasteiger partial charge in [0.25, 0.3) is 5.91 Å². The first-order valence-electron chi connectivity index (χ1n) is 8.64. The van der Waals surface area contributed by atoms with Crippen molar-refractivity contribution >= 4 is 34.6 Å². The second-order valence-electron chi connectivity index (χ2n) is 6.50. The van der Waals surface area contributed by atoms with Crippen molar-refractivity contribution < 1.29 is 18.7 Å². The zero-order valence-electron chi connectivity index (χ0n) is 14.2. The molecule has 27 heavy (non-hydrogen) atoms. The van der Waals surface area contributed by atoms with Crippen LogP contribution in [-0.2, 0) is 4.79 Å². The first-order valence-corrected chi connectivity index (χ1v) is 9.46. The minimum absolute atomic E-state index is 0.0775. The molecule has 2 heterocycles. The minimum Gasteiger partial charge on any atom is -0.454 e. The van der Waals surface area contributed by atoms with E-state index >= 15 is 0 Å². The Bertz CT molecular complexity index is 1000. The van der Waals surface area contributed by atoms with Gasteiger partial charge in [-0.3, -0.25) is 9.69 Å². The molecule has 1 saturated carbocycles. The molecule has 2 aliphatic heterocycles. The van der Waals surface area contributed by atoms with Gasteiger partial charge in [-0.2, -0.15) is 0 Å². The molecule has 0 unspecified atom stereocenters. The van der Waals surface area contributed by atoms with Crippen LogP contribution < -0.4 is 9.47 Å². The number of thioether (sulfide) groups is 1. The van der Waals surface area contributed by atoms with E-state index in [1.54, 1.807) is 29.2 Å². The Kier molecular flexibility index (Phi) is 3.89. The van der Waals surface area contributed by atoms with Crippen LogP contribution in [0.25, 0.3) is 6.08 Å². The van der Waals surface area contributed by atoms with E-state index in [0.29, 0.717) is 32.8 Å². The highest BCUT2D eigenvalue weighted by molar-refractivity contribution is 8.18. The summed E-state index contributed by atoms with van der Waals surface area (Å²) < 4.78 is 24.2. The summed E-state index contributed by atoms with van der Waals surface area (Å²) >= 11 is 1.32. The standard InChI is InChI=1S/C20H15FN2O3S/c21-13-3-1-2-12(8-13)9-18-19(24)23(15-5-6-15)20(27-18)22-14-4-7-16-17(10-14)26-11-25-16/h1-4,7-10,15H,5-6,11H2/b18-9-,22-20?. The molecule has 5 nitrogen and oxygen atoms in total. The second kappa shape index (κ2) is 6.42. The summed E-state index contributed by atoms with van der Waals surface area (Å²) in [7, 11) is 0. The van der Waals surface area contributed by atoms with Crippen molar-refractivity contribution in [1.82, 2.24) is 4.90 Å². The van der Waals surface area contributed by atoms with Gasteiger partial charge >= 0.3 is 0 Å². The molecule has 0 aromatic heterocycles. The van der Waals surface area contributed by atoms with E-state index < -0.39 is 0 Å². The van der Waals surface area contributed by atoms with Crippen LogP contribution in [0.4, 0.5) is 10.1 Å². The van der Waals surface area contributed by atoms with Crippen molar-refractivity contribution in [2.45, 2.75) is 18.9 Å². The Morgan fingerprint density at radius 1 is 1.15 bits per heavy atom. The number of rotatable bonds is 3. The predicted molar refractivity (Wildman–Crippen MR) is 101 cm³/mol. The van der Waals surface area contributed by atoms with Gasteiger partial charge in [0.1, 0.15) is 5.82 Å². The van der Waals surface area contributed by atoms with Crippen molar-refractivity contribution in [2.24, 2.45) is 4.99 Å². The van der Waals surface area contributed by atoms with Crippen LogP contribution in [0.15, 0.2) is 52.4 Å². The number of benzene rings is 2. The van der Waals surface area contributed by atoms with Crippen LogP contribution in [0.1, 0.15) is 18.4 Å². The van der Waals surface area contributed by atoms with Crippen LogP contribution in [0.5, 0.6) is 11.5 Å². The first-order chi connectivity index (χ1) is 13.2. The van der Waals surface area contributed by atoms with E-state index in [2.05, 4.69) is 4.99 Å². The summed E-state index contributed by atoms with van der Waals surface area (Å²) in [6.07, 6.45) is 3.66. The maximum Gasteiger partial charge on any atom is 0.267 e. The Morgan fingerprint density at radius 2 is 2.00 bits per heavy atom. The van der Waals surface area contributed by atoms with Gasteiger partial charge in [-0.25, -0.2) is 9.38 Å². The number of amides is 1. The van der Waals surface area contributed by atoms with Crippen molar-refractivity contribution in [1.29, 1.82) is 0 Å². The summed E-state index contributed by atoms with van der Waals surface area (Å²) in [5.74, 6) is 0.943. The van der Waals surface area contributed by atoms with Crippen molar-refractivity contribution in [2.75, 3.05) is 6.79 Å². The zero-order valence-corrected chi connectivity index (χ0v) is 15.0. The van der Waals surface area contributed by atoms with Gasteiger partial charge < -0.3 is 9.47 Å². The molecule has 1 amide bonds. The van der Waals surface area contributed by atoms with Gasteiger partial charge in [0, 0.05) is 12.1 Å². The largest absolute Gasteiger partial charge is 0.454 e. The second-order valence-corrected chi connectivity index (χ2v) is 7.51. The van der Waals surface area contributed by atoms with E-state index in [9.17, 15) is 9.18 Å². The quantitative estimate of drug-likeness (QED) is 0.742. The average molecular weight is 382 g/mol. The number of aliphatic imine (C=N–C) groups is 1. The minimum atomic E-state index is -0.326. The number of halogens is 1. The Hall–Kier alpha value is -2.80. The maximum absolute atomic E-state index is 13.4. The fraction of sp³-hybridized carbons (Fsp3) is 0.200. The number of hydrogen-bond acceptors (Lipinski definition) is 5. The highest BCUT2D eigenvalue weighted by Crippen LogP contribution is 2.42. The average Bonchev–Trinajstić information content (AvgIpc) is 3.29. The van der Waals surface area contributed by atoms with E-state index in [0.717, 1.165) is 12.8 Å². The van der Waals surface area contributed by atoms with Crippen LogP contribution in [-0.4, -0.2) is 28.8 Å². The van der Waals surface area contributed by atoms with Crippen LogP contribution in [0.2, 0.25) is 0 Å². The van der Waals surface area contributed by atoms with Crippen LogP contribution in [0.3, 0.4) is 0 Å². The summed E-state index contributed by atoms with van der Waals surface area (Å²) in [6.45, 7) is 0.206. The SMILES string of the molecule is O=C1/C(=C/c2cccc(F)c2)SC(=Nc2ccc3c(c2)OCO3)N1C1CC1. The van der Waals surface area contributed by atoms with Crippen molar-refractivity contribution in [3.63, 3.8) is 0 Å². The van der Waals surface area contributed by atoms with Gasteiger partial charge in [0.15, 0.2) is 16.7 Å². The molecule has 0 radical (unpaired) electrons. The number of carbonyl (C=O) groups is 1. The molecule has 0 atom stereocenters. The summed E-state index contributed by atoms with van der Waals surface area (Å²) in [6, 6.07) is 11.9. The van der Waals surface area contributed by atoms with Crippen LogP contribution >= 0.6 is 11.8 Å². The normalized spacial score (nSPS) is 21.5. The van der Waals surface area contributed by atoms with E-state index in [4.69, 9.17) is 9.47 Å². The van der Waals surface area contributed by atoms with Gasteiger partial charge in [0.05, 0.1) is 10.6 Å². The van der Waals surface area contributed by atoms with Gasteiger partial charge in [-0.15, -0.1) is 0 Å². The molecule has 0 N–H and O–H groups in total. The third kappa shape index (κ3) is 3.19. The maximum atomic E-state index is 13.4. The molecule has 5 rings (SSSR count). The molecule has 1 aliphatic carbocycles.